The highest BCUT2D eigenvalue weighted by Gasteiger charge is 2.23. The van der Waals surface area contributed by atoms with Gasteiger partial charge in [-0.2, -0.15) is 0 Å². The first kappa shape index (κ1) is 18.5. The topological polar surface area (TPSA) is 78.5 Å². The summed E-state index contributed by atoms with van der Waals surface area (Å²) in [5, 5.41) is 4.96. The predicted octanol–water partition coefficient (Wildman–Crippen LogP) is 1.51. The van der Waals surface area contributed by atoms with Crippen molar-refractivity contribution in [3.05, 3.63) is 29.8 Å². The summed E-state index contributed by atoms with van der Waals surface area (Å²) in [5.41, 5.74) is 1.06. The Balaban J connectivity index is 1.76. The zero-order chi connectivity index (χ0) is 18.2. The molecule has 3 amide bonds. The molecule has 1 aliphatic heterocycles. The van der Waals surface area contributed by atoms with E-state index in [1.165, 1.54) is 0 Å². The van der Waals surface area contributed by atoms with Crippen LogP contribution in [0, 0.1) is 12.3 Å². The Hall–Kier alpha value is -2.81. The molecule has 1 unspecified atom stereocenters. The summed E-state index contributed by atoms with van der Waals surface area (Å²) in [7, 11) is 0. The van der Waals surface area contributed by atoms with Gasteiger partial charge in [-0.15, -0.1) is 6.42 Å². The molecule has 6 nitrogen and oxygen atoms in total. The van der Waals surface area contributed by atoms with Crippen LogP contribution in [0.1, 0.15) is 38.2 Å². The van der Waals surface area contributed by atoms with Gasteiger partial charge in [0.25, 0.3) is 0 Å². The van der Waals surface area contributed by atoms with Crippen molar-refractivity contribution in [1.82, 2.24) is 10.2 Å². The van der Waals surface area contributed by atoms with Crippen molar-refractivity contribution in [2.45, 2.75) is 38.6 Å². The lowest BCUT2D eigenvalue weighted by Gasteiger charge is -2.33. The molecule has 2 rings (SSSR count). The fourth-order valence-electron chi connectivity index (χ4n) is 2.85. The summed E-state index contributed by atoms with van der Waals surface area (Å²) in [6.45, 7) is 2.94. The number of nitrogens with one attached hydrogen (secondary N) is 2. The molecule has 1 atom stereocenters. The highest BCUT2D eigenvalue weighted by Crippen LogP contribution is 2.17. The van der Waals surface area contributed by atoms with Gasteiger partial charge in [-0.1, -0.05) is 12.0 Å². The number of amides is 3. The number of likely N-dealkylation sites (tertiary alicyclic amines) is 1. The van der Waals surface area contributed by atoms with E-state index >= 15 is 0 Å². The maximum atomic E-state index is 12.2. The summed E-state index contributed by atoms with van der Waals surface area (Å²) >= 11 is 0. The van der Waals surface area contributed by atoms with Crippen molar-refractivity contribution in [3.63, 3.8) is 0 Å². The first-order valence-electron chi connectivity index (χ1n) is 8.46. The second-order valence-corrected chi connectivity index (χ2v) is 6.12. The van der Waals surface area contributed by atoms with Gasteiger partial charge in [0.2, 0.25) is 5.91 Å². The van der Waals surface area contributed by atoms with Crippen LogP contribution < -0.4 is 10.6 Å². The van der Waals surface area contributed by atoms with E-state index in [1.807, 2.05) is 11.8 Å². The number of carbonyl (C=O) groups is 3. The first-order valence-corrected chi connectivity index (χ1v) is 8.46. The molecule has 0 spiro atoms. The van der Waals surface area contributed by atoms with Crippen LogP contribution in [0.15, 0.2) is 24.3 Å². The molecule has 1 aromatic rings. The molecule has 132 valence electrons. The van der Waals surface area contributed by atoms with Crippen LogP contribution in [-0.2, 0) is 14.4 Å². The lowest BCUT2D eigenvalue weighted by molar-refractivity contribution is -0.137. The Labute approximate surface area is 148 Å². The summed E-state index contributed by atoms with van der Waals surface area (Å²) in [6.07, 6.45) is 8.66. The van der Waals surface area contributed by atoms with E-state index in [-0.39, 0.29) is 24.9 Å². The molecular formula is C19H23N3O3. The van der Waals surface area contributed by atoms with Gasteiger partial charge in [0.15, 0.2) is 0 Å². The van der Waals surface area contributed by atoms with E-state index in [4.69, 9.17) is 6.42 Å². The van der Waals surface area contributed by atoms with Gasteiger partial charge in [0.05, 0.1) is 0 Å². The first-order chi connectivity index (χ1) is 12.0. The largest absolute Gasteiger partial charge is 0.347 e. The normalized spacial score (nSPS) is 16.6. The molecule has 1 aliphatic rings. The zero-order valence-electron chi connectivity index (χ0n) is 14.4. The van der Waals surface area contributed by atoms with Crippen LogP contribution >= 0.6 is 0 Å². The van der Waals surface area contributed by atoms with Crippen LogP contribution in [0.3, 0.4) is 0 Å². The van der Waals surface area contributed by atoms with Gasteiger partial charge in [-0.25, -0.2) is 0 Å². The van der Waals surface area contributed by atoms with Crippen LogP contribution in [-0.4, -0.2) is 41.8 Å². The molecule has 1 heterocycles. The summed E-state index contributed by atoms with van der Waals surface area (Å²) in [6, 6.07) is 6.91. The number of hydrogen-bond donors (Lipinski definition) is 2. The summed E-state index contributed by atoms with van der Waals surface area (Å²) in [4.78, 5) is 37.7. The number of carbonyl (C=O) groups excluding carboxylic acids is 3. The highest BCUT2D eigenvalue weighted by molar-refractivity contribution is 6.39. The molecule has 25 heavy (non-hydrogen) atoms. The molecule has 2 N–H and O–H groups in total. The highest BCUT2D eigenvalue weighted by atomic mass is 16.2. The second-order valence-electron chi connectivity index (χ2n) is 6.12. The SMILES string of the molecule is C#Cc1cccc(NC(=O)C(=O)NCCC(=O)N2CCCCC2C)c1. The van der Waals surface area contributed by atoms with Gasteiger partial charge in [-0.3, -0.25) is 14.4 Å². The third-order valence-corrected chi connectivity index (χ3v) is 4.24. The van der Waals surface area contributed by atoms with Gasteiger partial charge >= 0.3 is 11.8 Å². The monoisotopic (exact) mass is 341 g/mol. The average Bonchev–Trinajstić information content (AvgIpc) is 2.62. The van der Waals surface area contributed by atoms with Crippen molar-refractivity contribution < 1.29 is 14.4 Å². The van der Waals surface area contributed by atoms with Gasteiger partial charge < -0.3 is 15.5 Å². The van der Waals surface area contributed by atoms with E-state index in [1.54, 1.807) is 24.3 Å². The lowest BCUT2D eigenvalue weighted by atomic mass is 10.0. The number of benzene rings is 1. The number of piperidine rings is 1. The molecule has 0 saturated carbocycles. The van der Waals surface area contributed by atoms with Gasteiger partial charge in [0, 0.05) is 36.8 Å². The number of terminal acetylenes is 1. The Morgan fingerprint density at radius 2 is 2.08 bits per heavy atom. The van der Waals surface area contributed by atoms with Crippen molar-refractivity contribution >= 4 is 23.4 Å². The van der Waals surface area contributed by atoms with E-state index in [2.05, 4.69) is 16.6 Å². The molecule has 0 aromatic heterocycles. The lowest BCUT2D eigenvalue weighted by Crippen LogP contribution is -2.44. The molecule has 1 saturated heterocycles. The van der Waals surface area contributed by atoms with Crippen LogP contribution in [0.2, 0.25) is 0 Å². The van der Waals surface area contributed by atoms with E-state index in [9.17, 15) is 14.4 Å². The number of anilines is 1. The maximum Gasteiger partial charge on any atom is 0.313 e. The minimum absolute atomic E-state index is 0.00892. The van der Waals surface area contributed by atoms with Gasteiger partial charge in [0.1, 0.15) is 0 Å². The molecule has 1 aromatic carbocycles. The second kappa shape index (κ2) is 8.88. The Morgan fingerprint density at radius 3 is 2.80 bits per heavy atom. The summed E-state index contributed by atoms with van der Waals surface area (Å²) < 4.78 is 0. The van der Waals surface area contributed by atoms with Crippen LogP contribution in [0.5, 0.6) is 0 Å². The number of nitrogens with zero attached hydrogens (tertiary/aromatic N) is 1. The number of rotatable bonds is 4. The quantitative estimate of drug-likeness (QED) is 0.644. The standard InChI is InChI=1S/C19H23N3O3/c1-3-15-8-6-9-16(13-15)21-19(25)18(24)20-11-10-17(23)22-12-5-4-7-14(22)2/h1,6,8-9,13-14H,4-5,7,10-12H2,2H3,(H,20,24)(H,21,25). The molecule has 0 aliphatic carbocycles. The average molecular weight is 341 g/mol. The molecule has 1 fully saturated rings. The fraction of sp³-hybridized carbons (Fsp3) is 0.421. The van der Waals surface area contributed by atoms with Crippen molar-refractivity contribution in [1.29, 1.82) is 0 Å². The molecule has 6 heteroatoms. The zero-order valence-corrected chi connectivity index (χ0v) is 14.4. The Bertz CT molecular complexity index is 693. The van der Waals surface area contributed by atoms with E-state index in [0.717, 1.165) is 25.8 Å². The predicted molar refractivity (Wildman–Crippen MR) is 95.7 cm³/mol. The number of hydrogen-bond acceptors (Lipinski definition) is 3. The maximum absolute atomic E-state index is 12.2. The Kier molecular flexibility index (Phi) is 6.58. The van der Waals surface area contributed by atoms with Crippen molar-refractivity contribution in [2.75, 3.05) is 18.4 Å². The smallest absolute Gasteiger partial charge is 0.313 e. The van der Waals surface area contributed by atoms with E-state index in [0.29, 0.717) is 11.3 Å². The van der Waals surface area contributed by atoms with Crippen molar-refractivity contribution in [2.24, 2.45) is 0 Å². The fourth-order valence-corrected chi connectivity index (χ4v) is 2.85. The van der Waals surface area contributed by atoms with E-state index < -0.39 is 11.8 Å². The molecular weight excluding hydrogens is 318 g/mol. The Morgan fingerprint density at radius 1 is 1.28 bits per heavy atom. The van der Waals surface area contributed by atoms with Crippen molar-refractivity contribution in [3.8, 4) is 12.3 Å². The minimum Gasteiger partial charge on any atom is -0.347 e. The molecule has 0 bridgehead atoms. The third kappa shape index (κ3) is 5.35. The van der Waals surface area contributed by atoms with Crippen LogP contribution in [0.4, 0.5) is 5.69 Å². The minimum atomic E-state index is -0.784. The summed E-state index contributed by atoms with van der Waals surface area (Å²) in [5.74, 6) is 0.909. The third-order valence-electron chi connectivity index (χ3n) is 4.24. The van der Waals surface area contributed by atoms with Gasteiger partial charge in [-0.05, 0) is 44.4 Å². The van der Waals surface area contributed by atoms with Crippen LogP contribution in [0.25, 0.3) is 0 Å². The molecule has 0 radical (unpaired) electrons.